The first-order valence-corrected chi connectivity index (χ1v) is 2.95. The summed E-state index contributed by atoms with van der Waals surface area (Å²) in [6.07, 6.45) is 0.0162. The SMILES string of the molecule is C=NC(C)C(CN)OC. The van der Waals surface area contributed by atoms with E-state index in [9.17, 15) is 0 Å². The van der Waals surface area contributed by atoms with Crippen molar-refractivity contribution in [2.75, 3.05) is 13.7 Å². The highest BCUT2D eigenvalue weighted by molar-refractivity contribution is 5.24. The van der Waals surface area contributed by atoms with Crippen molar-refractivity contribution in [3.05, 3.63) is 0 Å². The fraction of sp³-hybridized carbons (Fsp3) is 0.833. The summed E-state index contributed by atoms with van der Waals surface area (Å²) in [5.74, 6) is 0. The van der Waals surface area contributed by atoms with Gasteiger partial charge in [-0.15, -0.1) is 0 Å². The Labute approximate surface area is 55.9 Å². The minimum Gasteiger partial charge on any atom is -0.378 e. The molecule has 0 bridgehead atoms. The van der Waals surface area contributed by atoms with E-state index in [0.29, 0.717) is 6.54 Å². The lowest BCUT2D eigenvalue weighted by Crippen LogP contribution is -2.31. The minimum absolute atomic E-state index is 0.0162. The molecule has 0 aliphatic carbocycles. The third-order valence-electron chi connectivity index (χ3n) is 1.36. The van der Waals surface area contributed by atoms with Gasteiger partial charge in [-0.1, -0.05) is 0 Å². The molecular weight excluding hydrogens is 116 g/mol. The average molecular weight is 130 g/mol. The molecule has 3 heteroatoms. The minimum atomic E-state index is 0.0162. The number of hydrogen-bond donors (Lipinski definition) is 1. The second-order valence-electron chi connectivity index (χ2n) is 1.93. The largest absolute Gasteiger partial charge is 0.378 e. The Balaban J connectivity index is 3.63. The van der Waals surface area contributed by atoms with E-state index in [-0.39, 0.29) is 12.1 Å². The fourth-order valence-corrected chi connectivity index (χ4v) is 0.608. The first-order chi connectivity index (χ1) is 4.26. The normalized spacial score (nSPS) is 16.8. The Morgan fingerprint density at radius 3 is 2.44 bits per heavy atom. The summed E-state index contributed by atoms with van der Waals surface area (Å²) in [4.78, 5) is 3.78. The standard InChI is InChI=1S/C6H14N2O/c1-5(8-2)6(4-7)9-3/h5-6H,2,4,7H2,1,3H3. The number of hydrogen-bond acceptors (Lipinski definition) is 3. The van der Waals surface area contributed by atoms with E-state index < -0.39 is 0 Å². The topological polar surface area (TPSA) is 47.6 Å². The van der Waals surface area contributed by atoms with Crippen molar-refractivity contribution in [1.29, 1.82) is 0 Å². The van der Waals surface area contributed by atoms with Crippen LogP contribution in [0, 0.1) is 0 Å². The molecule has 0 aliphatic heterocycles. The lowest BCUT2D eigenvalue weighted by atomic mass is 10.2. The summed E-state index contributed by atoms with van der Waals surface area (Å²) in [5.41, 5.74) is 5.35. The number of methoxy groups -OCH3 is 1. The van der Waals surface area contributed by atoms with E-state index in [4.69, 9.17) is 10.5 Å². The molecule has 0 heterocycles. The highest BCUT2D eigenvalue weighted by Gasteiger charge is 2.11. The molecule has 2 unspecified atom stereocenters. The van der Waals surface area contributed by atoms with E-state index in [1.54, 1.807) is 7.11 Å². The van der Waals surface area contributed by atoms with E-state index in [0.717, 1.165) is 0 Å². The van der Waals surface area contributed by atoms with Crippen LogP contribution in [0.4, 0.5) is 0 Å². The van der Waals surface area contributed by atoms with E-state index in [1.165, 1.54) is 0 Å². The molecule has 3 nitrogen and oxygen atoms in total. The van der Waals surface area contributed by atoms with Crippen molar-refractivity contribution >= 4 is 6.72 Å². The van der Waals surface area contributed by atoms with Gasteiger partial charge >= 0.3 is 0 Å². The van der Waals surface area contributed by atoms with Gasteiger partial charge in [-0.05, 0) is 13.6 Å². The average Bonchev–Trinajstić information content (AvgIpc) is 1.90. The molecular formula is C6H14N2O. The fourth-order valence-electron chi connectivity index (χ4n) is 0.608. The molecule has 0 aromatic carbocycles. The maximum absolute atomic E-state index is 5.35. The van der Waals surface area contributed by atoms with E-state index in [2.05, 4.69) is 11.7 Å². The van der Waals surface area contributed by atoms with Crippen molar-refractivity contribution in [1.82, 2.24) is 0 Å². The van der Waals surface area contributed by atoms with Gasteiger partial charge in [0, 0.05) is 13.7 Å². The van der Waals surface area contributed by atoms with Crippen LogP contribution in [0.2, 0.25) is 0 Å². The molecule has 0 saturated carbocycles. The second-order valence-corrected chi connectivity index (χ2v) is 1.93. The van der Waals surface area contributed by atoms with Gasteiger partial charge in [0.25, 0.3) is 0 Å². The van der Waals surface area contributed by atoms with Gasteiger partial charge in [-0.25, -0.2) is 0 Å². The van der Waals surface area contributed by atoms with Crippen molar-refractivity contribution in [2.45, 2.75) is 19.1 Å². The molecule has 0 saturated heterocycles. The molecule has 2 N–H and O–H groups in total. The van der Waals surface area contributed by atoms with Crippen LogP contribution in [0.1, 0.15) is 6.92 Å². The van der Waals surface area contributed by atoms with Gasteiger partial charge in [-0.2, -0.15) is 0 Å². The Kier molecular flexibility index (Phi) is 4.26. The molecule has 0 amide bonds. The number of aliphatic imine (C=N–C) groups is 1. The summed E-state index contributed by atoms with van der Waals surface area (Å²) in [7, 11) is 1.62. The van der Waals surface area contributed by atoms with Gasteiger partial charge < -0.3 is 10.5 Å². The number of nitrogens with zero attached hydrogens (tertiary/aromatic N) is 1. The van der Waals surface area contributed by atoms with Gasteiger partial charge in [0.1, 0.15) is 0 Å². The smallest absolute Gasteiger partial charge is 0.0913 e. The Morgan fingerprint density at radius 2 is 2.33 bits per heavy atom. The van der Waals surface area contributed by atoms with Gasteiger partial charge in [0.15, 0.2) is 0 Å². The van der Waals surface area contributed by atoms with Crippen molar-refractivity contribution in [3.8, 4) is 0 Å². The van der Waals surface area contributed by atoms with Crippen LogP contribution in [-0.2, 0) is 4.74 Å². The second kappa shape index (κ2) is 4.47. The predicted molar refractivity (Wildman–Crippen MR) is 38.9 cm³/mol. The molecule has 0 spiro atoms. The maximum Gasteiger partial charge on any atom is 0.0913 e. The molecule has 0 aliphatic rings. The molecule has 9 heavy (non-hydrogen) atoms. The van der Waals surface area contributed by atoms with Crippen LogP contribution in [0.5, 0.6) is 0 Å². The molecule has 0 aromatic heterocycles. The summed E-state index contributed by atoms with van der Waals surface area (Å²) in [6, 6.07) is 0.0972. The lowest BCUT2D eigenvalue weighted by molar-refractivity contribution is 0.0930. The predicted octanol–water partition coefficient (Wildman–Crippen LogP) is 0.0492. The molecule has 0 radical (unpaired) electrons. The maximum atomic E-state index is 5.35. The van der Waals surface area contributed by atoms with Crippen LogP contribution < -0.4 is 5.73 Å². The highest BCUT2D eigenvalue weighted by Crippen LogP contribution is 1.98. The monoisotopic (exact) mass is 130 g/mol. The number of nitrogens with two attached hydrogens (primary N) is 1. The Hall–Kier alpha value is -0.410. The van der Waals surface area contributed by atoms with Crippen molar-refractivity contribution in [3.63, 3.8) is 0 Å². The zero-order chi connectivity index (χ0) is 7.28. The molecule has 2 atom stereocenters. The van der Waals surface area contributed by atoms with E-state index >= 15 is 0 Å². The molecule has 0 aromatic rings. The Morgan fingerprint density at radius 1 is 1.78 bits per heavy atom. The summed E-state index contributed by atoms with van der Waals surface area (Å²) in [5, 5.41) is 0. The zero-order valence-electron chi connectivity index (χ0n) is 6.00. The van der Waals surface area contributed by atoms with E-state index in [1.807, 2.05) is 6.92 Å². The summed E-state index contributed by atoms with van der Waals surface area (Å²) < 4.78 is 4.99. The third kappa shape index (κ3) is 2.58. The van der Waals surface area contributed by atoms with Gasteiger partial charge in [0.2, 0.25) is 0 Å². The number of ether oxygens (including phenoxy) is 1. The summed E-state index contributed by atoms with van der Waals surface area (Å²) >= 11 is 0. The van der Waals surface area contributed by atoms with Crippen molar-refractivity contribution in [2.24, 2.45) is 10.7 Å². The van der Waals surface area contributed by atoms with Crippen LogP contribution >= 0.6 is 0 Å². The number of rotatable bonds is 4. The van der Waals surface area contributed by atoms with Crippen molar-refractivity contribution < 1.29 is 4.74 Å². The Bertz CT molecular complexity index is 81.1. The summed E-state index contributed by atoms with van der Waals surface area (Å²) in [6.45, 7) is 5.81. The quantitative estimate of drug-likeness (QED) is 0.546. The van der Waals surface area contributed by atoms with Gasteiger partial charge in [-0.3, -0.25) is 4.99 Å². The van der Waals surface area contributed by atoms with Crippen LogP contribution in [0.15, 0.2) is 4.99 Å². The molecule has 0 rings (SSSR count). The van der Waals surface area contributed by atoms with Crippen LogP contribution in [0.3, 0.4) is 0 Å². The lowest BCUT2D eigenvalue weighted by Gasteiger charge is -2.15. The molecule has 0 fully saturated rings. The highest BCUT2D eigenvalue weighted by atomic mass is 16.5. The zero-order valence-corrected chi connectivity index (χ0v) is 6.00. The van der Waals surface area contributed by atoms with Crippen LogP contribution in [-0.4, -0.2) is 32.5 Å². The first-order valence-electron chi connectivity index (χ1n) is 2.95. The third-order valence-corrected chi connectivity index (χ3v) is 1.36. The van der Waals surface area contributed by atoms with Crippen LogP contribution in [0.25, 0.3) is 0 Å². The molecule has 54 valence electrons. The van der Waals surface area contributed by atoms with Gasteiger partial charge in [0.05, 0.1) is 12.1 Å². The first kappa shape index (κ1) is 8.59.